The lowest BCUT2D eigenvalue weighted by Crippen LogP contribution is -2.11. The van der Waals surface area contributed by atoms with Crippen LogP contribution in [0.15, 0.2) is 46.2 Å². The molecule has 0 atom stereocenters. The Morgan fingerprint density at radius 1 is 1.21 bits per heavy atom. The number of nitrogens with zero attached hydrogens (tertiary/aromatic N) is 1. The highest BCUT2D eigenvalue weighted by Gasteiger charge is 2.21. The van der Waals surface area contributed by atoms with Crippen LogP contribution in [0.25, 0.3) is 22.2 Å². The Kier molecular flexibility index (Phi) is 3.80. The van der Waals surface area contributed by atoms with Crippen LogP contribution in [0.5, 0.6) is 11.5 Å². The quantitative estimate of drug-likeness (QED) is 0.528. The van der Waals surface area contributed by atoms with Gasteiger partial charge in [-0.25, -0.2) is 9.37 Å². The summed E-state index contributed by atoms with van der Waals surface area (Å²) in [6.45, 7) is 1.93. The number of carbonyl (C=O) groups is 1. The first kappa shape index (κ1) is 16.8. The molecule has 140 valence electrons. The molecule has 8 heteroatoms. The molecule has 0 spiro atoms. The first-order valence-electron chi connectivity index (χ1n) is 8.44. The summed E-state index contributed by atoms with van der Waals surface area (Å²) >= 11 is 1.29. The molecule has 2 aromatic heterocycles. The fourth-order valence-corrected chi connectivity index (χ4v) is 3.81. The Hall–Kier alpha value is -3.39. The number of amides is 1. The molecule has 3 heterocycles. The second kappa shape index (κ2) is 6.35. The summed E-state index contributed by atoms with van der Waals surface area (Å²) in [6, 6.07) is 10.1. The predicted molar refractivity (Wildman–Crippen MR) is 103 cm³/mol. The number of furan rings is 1. The van der Waals surface area contributed by atoms with E-state index in [2.05, 4.69) is 10.3 Å². The lowest BCUT2D eigenvalue weighted by molar-refractivity contribution is 0.0997. The molecule has 0 saturated heterocycles. The maximum atomic E-state index is 13.9. The van der Waals surface area contributed by atoms with Crippen molar-refractivity contribution in [3.63, 3.8) is 0 Å². The largest absolute Gasteiger partial charge is 0.454 e. The maximum absolute atomic E-state index is 13.9. The minimum Gasteiger partial charge on any atom is -0.454 e. The number of hydrogen-bond acceptors (Lipinski definition) is 6. The van der Waals surface area contributed by atoms with Crippen molar-refractivity contribution in [3.8, 4) is 22.8 Å². The zero-order valence-electron chi connectivity index (χ0n) is 14.6. The summed E-state index contributed by atoms with van der Waals surface area (Å²) in [6.07, 6.45) is 0. The van der Waals surface area contributed by atoms with E-state index in [0.717, 1.165) is 5.56 Å². The van der Waals surface area contributed by atoms with Crippen molar-refractivity contribution in [2.45, 2.75) is 6.92 Å². The summed E-state index contributed by atoms with van der Waals surface area (Å²) in [5.74, 6) is 0.453. The SMILES string of the molecule is Cc1c(C(=O)Nc2nc(-c3ccc4c(c3)OCO4)cs2)oc2c(F)cccc12. The highest BCUT2D eigenvalue weighted by molar-refractivity contribution is 7.14. The molecular weight excluding hydrogens is 383 g/mol. The number of carbonyl (C=O) groups excluding carboxylic acids is 1. The maximum Gasteiger partial charge on any atom is 0.293 e. The van der Waals surface area contributed by atoms with Crippen molar-refractivity contribution >= 4 is 33.3 Å². The van der Waals surface area contributed by atoms with E-state index in [4.69, 9.17) is 13.9 Å². The fourth-order valence-electron chi connectivity index (χ4n) is 3.10. The summed E-state index contributed by atoms with van der Waals surface area (Å²) in [4.78, 5) is 17.1. The zero-order valence-corrected chi connectivity index (χ0v) is 15.4. The molecule has 5 rings (SSSR count). The van der Waals surface area contributed by atoms with Gasteiger partial charge in [0, 0.05) is 21.9 Å². The highest BCUT2D eigenvalue weighted by Crippen LogP contribution is 2.36. The Morgan fingerprint density at radius 2 is 2.07 bits per heavy atom. The minimum absolute atomic E-state index is 0.0694. The molecule has 6 nitrogen and oxygen atoms in total. The van der Waals surface area contributed by atoms with Gasteiger partial charge in [-0.15, -0.1) is 11.3 Å². The van der Waals surface area contributed by atoms with Crippen LogP contribution in [0, 0.1) is 12.7 Å². The Morgan fingerprint density at radius 3 is 2.93 bits per heavy atom. The van der Waals surface area contributed by atoms with E-state index in [1.165, 1.54) is 17.4 Å². The number of anilines is 1. The molecule has 1 amide bonds. The van der Waals surface area contributed by atoms with Gasteiger partial charge in [0.2, 0.25) is 6.79 Å². The van der Waals surface area contributed by atoms with Gasteiger partial charge in [0.1, 0.15) is 0 Å². The summed E-state index contributed by atoms with van der Waals surface area (Å²) in [7, 11) is 0. The molecule has 1 N–H and O–H groups in total. The molecule has 0 fully saturated rings. The van der Waals surface area contributed by atoms with Gasteiger partial charge in [0.05, 0.1) is 5.69 Å². The van der Waals surface area contributed by atoms with Gasteiger partial charge >= 0.3 is 0 Å². The summed E-state index contributed by atoms with van der Waals surface area (Å²) < 4.78 is 30.1. The Balaban J connectivity index is 1.41. The van der Waals surface area contributed by atoms with Gasteiger partial charge in [0.15, 0.2) is 33.8 Å². The van der Waals surface area contributed by atoms with E-state index in [9.17, 15) is 9.18 Å². The van der Waals surface area contributed by atoms with Crippen LogP contribution in [0.1, 0.15) is 16.1 Å². The van der Waals surface area contributed by atoms with Gasteiger partial charge in [-0.05, 0) is 31.2 Å². The lowest BCUT2D eigenvalue weighted by atomic mass is 10.1. The van der Waals surface area contributed by atoms with Crippen molar-refractivity contribution in [1.82, 2.24) is 4.98 Å². The second-order valence-corrected chi connectivity index (χ2v) is 7.09. The number of rotatable bonds is 3. The van der Waals surface area contributed by atoms with Crippen LogP contribution in [0.3, 0.4) is 0 Å². The molecule has 1 aliphatic heterocycles. The third-order valence-electron chi connectivity index (χ3n) is 4.51. The van der Waals surface area contributed by atoms with Crippen LogP contribution in [-0.4, -0.2) is 17.7 Å². The molecule has 2 aromatic carbocycles. The van der Waals surface area contributed by atoms with E-state index in [1.54, 1.807) is 19.1 Å². The van der Waals surface area contributed by atoms with Crippen molar-refractivity contribution in [3.05, 3.63) is 58.9 Å². The number of hydrogen-bond donors (Lipinski definition) is 1. The van der Waals surface area contributed by atoms with Gasteiger partial charge in [-0.1, -0.05) is 12.1 Å². The number of ether oxygens (including phenoxy) is 2. The normalized spacial score (nSPS) is 12.5. The number of aryl methyl sites for hydroxylation is 1. The number of thiazole rings is 1. The van der Waals surface area contributed by atoms with Crippen LogP contribution in [-0.2, 0) is 0 Å². The number of benzene rings is 2. The monoisotopic (exact) mass is 396 g/mol. The third-order valence-corrected chi connectivity index (χ3v) is 5.27. The van der Waals surface area contributed by atoms with E-state index >= 15 is 0 Å². The molecule has 0 radical (unpaired) electrons. The summed E-state index contributed by atoms with van der Waals surface area (Å²) in [5, 5.41) is 5.54. The smallest absolute Gasteiger partial charge is 0.293 e. The molecule has 0 unspecified atom stereocenters. The number of para-hydroxylation sites is 1. The van der Waals surface area contributed by atoms with Crippen LogP contribution in [0.2, 0.25) is 0 Å². The Labute approximate surface area is 162 Å². The van der Waals surface area contributed by atoms with E-state index < -0.39 is 11.7 Å². The third kappa shape index (κ3) is 2.69. The topological polar surface area (TPSA) is 73.6 Å². The molecule has 0 saturated carbocycles. The highest BCUT2D eigenvalue weighted by atomic mass is 32.1. The molecule has 0 aliphatic carbocycles. The van der Waals surface area contributed by atoms with Crippen molar-refractivity contribution in [2.24, 2.45) is 0 Å². The van der Waals surface area contributed by atoms with Crippen molar-refractivity contribution < 1.29 is 23.1 Å². The fraction of sp³-hybridized carbons (Fsp3) is 0.100. The molecular formula is C20H13FN2O4S. The van der Waals surface area contributed by atoms with Gasteiger partial charge in [-0.3, -0.25) is 10.1 Å². The van der Waals surface area contributed by atoms with Crippen molar-refractivity contribution in [2.75, 3.05) is 12.1 Å². The predicted octanol–water partition coefficient (Wildman–Crippen LogP) is 4.98. The molecule has 28 heavy (non-hydrogen) atoms. The van der Waals surface area contributed by atoms with Crippen LogP contribution < -0.4 is 14.8 Å². The van der Waals surface area contributed by atoms with Gasteiger partial charge in [-0.2, -0.15) is 0 Å². The Bertz CT molecular complexity index is 1230. The average molecular weight is 396 g/mol. The number of fused-ring (bicyclic) bond motifs is 2. The van der Waals surface area contributed by atoms with Crippen LogP contribution >= 0.6 is 11.3 Å². The van der Waals surface area contributed by atoms with Gasteiger partial charge in [0.25, 0.3) is 5.91 Å². The van der Waals surface area contributed by atoms with Crippen molar-refractivity contribution in [1.29, 1.82) is 0 Å². The number of aromatic nitrogens is 1. The van der Waals surface area contributed by atoms with Gasteiger partial charge < -0.3 is 13.9 Å². The molecule has 4 aromatic rings. The standard InChI is InChI=1S/C20H13FN2O4S/c1-10-12-3-2-4-13(21)18(12)27-17(10)19(24)23-20-22-14(8-28-20)11-5-6-15-16(7-11)26-9-25-15/h2-8H,9H2,1H3,(H,22,23,24). The first-order chi connectivity index (χ1) is 13.6. The molecule has 1 aliphatic rings. The zero-order chi connectivity index (χ0) is 19.3. The molecule has 0 bridgehead atoms. The average Bonchev–Trinajstić information content (AvgIpc) is 3.41. The summed E-state index contributed by atoms with van der Waals surface area (Å²) in [5.41, 5.74) is 2.21. The lowest BCUT2D eigenvalue weighted by Gasteiger charge is -2.01. The minimum atomic E-state index is -0.501. The number of halogens is 1. The van der Waals surface area contributed by atoms with Crippen LogP contribution in [0.4, 0.5) is 9.52 Å². The van der Waals surface area contributed by atoms with E-state index in [-0.39, 0.29) is 18.1 Å². The second-order valence-electron chi connectivity index (χ2n) is 6.23. The van der Waals surface area contributed by atoms with E-state index in [1.807, 2.05) is 23.6 Å². The van der Waals surface area contributed by atoms with E-state index in [0.29, 0.717) is 33.3 Å². The first-order valence-corrected chi connectivity index (χ1v) is 9.32. The number of nitrogens with one attached hydrogen (secondary N) is 1.